The molecule has 1 aromatic carbocycles. The van der Waals surface area contributed by atoms with Gasteiger partial charge in [0.25, 0.3) is 5.91 Å². The average molecular weight is 680 g/mol. The van der Waals surface area contributed by atoms with Crippen LogP contribution >= 0.6 is 0 Å². The number of amides is 3. The van der Waals surface area contributed by atoms with Gasteiger partial charge in [-0.25, -0.2) is 14.8 Å². The lowest BCUT2D eigenvalue weighted by molar-refractivity contribution is -0.155. The van der Waals surface area contributed by atoms with Gasteiger partial charge in [0.05, 0.1) is 19.1 Å². The van der Waals surface area contributed by atoms with Gasteiger partial charge in [-0.3, -0.25) is 19.2 Å². The largest absolute Gasteiger partial charge is 0.466 e. The smallest absolute Gasteiger partial charge is 0.409 e. The highest BCUT2D eigenvalue weighted by Gasteiger charge is 2.36. The van der Waals surface area contributed by atoms with Crippen LogP contribution in [0.3, 0.4) is 0 Å². The monoisotopic (exact) mass is 679 g/mol. The van der Waals surface area contributed by atoms with Crippen molar-refractivity contribution in [3.8, 4) is 11.4 Å². The maximum atomic E-state index is 14.0. The Morgan fingerprint density at radius 1 is 0.898 bits per heavy atom. The molecule has 13 nitrogen and oxygen atoms in total. The minimum absolute atomic E-state index is 0.00534. The molecule has 3 atom stereocenters. The van der Waals surface area contributed by atoms with Crippen LogP contribution in [0.1, 0.15) is 95.2 Å². The van der Waals surface area contributed by atoms with Gasteiger partial charge in [0.15, 0.2) is 5.82 Å². The molecule has 0 radical (unpaired) electrons. The molecule has 13 heteroatoms. The van der Waals surface area contributed by atoms with Crippen LogP contribution in [-0.4, -0.2) is 101 Å². The Labute approximate surface area is 288 Å². The quantitative estimate of drug-likeness (QED) is 0.265. The summed E-state index contributed by atoms with van der Waals surface area (Å²) in [4.78, 5) is 78.3. The van der Waals surface area contributed by atoms with E-state index in [0.717, 1.165) is 12.8 Å². The normalized spacial score (nSPS) is 18.6. The molecule has 2 aromatic rings. The van der Waals surface area contributed by atoms with Gasteiger partial charge in [-0.15, -0.1) is 0 Å². The van der Waals surface area contributed by atoms with Crippen molar-refractivity contribution in [1.82, 2.24) is 25.1 Å². The fourth-order valence-electron chi connectivity index (χ4n) is 6.19. The molecule has 266 valence electrons. The molecule has 2 aliphatic rings. The summed E-state index contributed by atoms with van der Waals surface area (Å²) in [6, 6.07) is 9.76. The summed E-state index contributed by atoms with van der Waals surface area (Å²) in [6.07, 6.45) is 2.59. The van der Waals surface area contributed by atoms with Crippen molar-refractivity contribution in [3.05, 3.63) is 47.8 Å². The minimum Gasteiger partial charge on any atom is -0.466 e. The number of hydrogen-bond donors (Lipinski definition) is 1. The third-order valence-electron chi connectivity index (χ3n) is 8.52. The molecule has 2 heterocycles. The lowest BCUT2D eigenvalue weighted by Crippen LogP contribution is -2.56. The van der Waals surface area contributed by atoms with Gasteiger partial charge in [0.2, 0.25) is 5.91 Å². The van der Waals surface area contributed by atoms with E-state index in [1.165, 1.54) is 4.90 Å². The number of carbonyl (C=O) groups excluding carboxylic acids is 5. The van der Waals surface area contributed by atoms with E-state index < -0.39 is 35.5 Å². The first-order valence-electron chi connectivity index (χ1n) is 17.2. The highest BCUT2D eigenvalue weighted by atomic mass is 16.6. The molecule has 49 heavy (non-hydrogen) atoms. The summed E-state index contributed by atoms with van der Waals surface area (Å²) in [5, 5.41) is 2.84. The van der Waals surface area contributed by atoms with Crippen molar-refractivity contribution in [2.45, 2.75) is 90.7 Å². The van der Waals surface area contributed by atoms with Gasteiger partial charge in [-0.2, -0.15) is 0 Å². The second kappa shape index (κ2) is 17.2. The Bertz CT molecular complexity index is 1470. The molecule has 2 fully saturated rings. The summed E-state index contributed by atoms with van der Waals surface area (Å²) >= 11 is 0. The van der Waals surface area contributed by atoms with Crippen LogP contribution < -0.4 is 5.32 Å². The number of rotatable bonds is 11. The Hall–Kier alpha value is -4.55. The number of nitrogens with zero attached hydrogens (tertiary/aromatic N) is 4. The molecule has 3 amide bonds. The van der Waals surface area contributed by atoms with E-state index in [9.17, 15) is 24.0 Å². The molecule has 0 bridgehead atoms. The highest BCUT2D eigenvalue weighted by molar-refractivity contribution is 5.96. The molecule has 1 aliphatic heterocycles. The Morgan fingerprint density at radius 3 is 2.20 bits per heavy atom. The highest BCUT2D eigenvalue weighted by Crippen LogP contribution is 2.38. The average Bonchev–Trinajstić information content (AvgIpc) is 3.09. The van der Waals surface area contributed by atoms with Crippen LogP contribution in [0.25, 0.3) is 11.4 Å². The number of ether oxygens (including phenoxy) is 3. The van der Waals surface area contributed by atoms with Crippen molar-refractivity contribution in [2.24, 2.45) is 5.92 Å². The summed E-state index contributed by atoms with van der Waals surface area (Å²) < 4.78 is 16.0. The fourth-order valence-corrected chi connectivity index (χ4v) is 6.19. The number of carbonyl (C=O) groups is 5. The molecule has 1 saturated heterocycles. The zero-order chi connectivity index (χ0) is 35.6. The van der Waals surface area contributed by atoms with Crippen molar-refractivity contribution < 1.29 is 38.2 Å². The summed E-state index contributed by atoms with van der Waals surface area (Å²) in [6.45, 7) is 10.3. The number of hydrogen-bond acceptors (Lipinski definition) is 10. The second-order valence-electron chi connectivity index (χ2n) is 13.3. The van der Waals surface area contributed by atoms with E-state index >= 15 is 0 Å². The van der Waals surface area contributed by atoms with Gasteiger partial charge < -0.3 is 29.3 Å². The number of nitrogens with one attached hydrogen (secondary N) is 1. The molecule has 4 rings (SSSR count). The van der Waals surface area contributed by atoms with Crippen LogP contribution in [0, 0.1) is 5.92 Å². The first kappa shape index (κ1) is 37.3. The Balaban J connectivity index is 1.62. The maximum absolute atomic E-state index is 14.0. The van der Waals surface area contributed by atoms with E-state index in [2.05, 4.69) is 10.3 Å². The van der Waals surface area contributed by atoms with Crippen molar-refractivity contribution in [2.75, 3.05) is 39.4 Å². The molecule has 1 aliphatic carbocycles. The minimum atomic E-state index is -1.07. The van der Waals surface area contributed by atoms with Crippen molar-refractivity contribution in [1.29, 1.82) is 0 Å². The van der Waals surface area contributed by atoms with Gasteiger partial charge in [0, 0.05) is 49.8 Å². The maximum Gasteiger partial charge on any atom is 0.409 e. The van der Waals surface area contributed by atoms with Crippen molar-refractivity contribution in [3.63, 3.8) is 0 Å². The van der Waals surface area contributed by atoms with Crippen LogP contribution in [-0.2, 0) is 28.6 Å². The first-order chi connectivity index (χ1) is 23.4. The molecule has 0 spiro atoms. The SMILES string of the molecule is CCOC(=O)C1CCCCC1c1cc(C(=O)NC(CCC(=O)OC(C)(C)C)C(=O)N2CCN(C(=O)OCC)CC2)nc(-c2ccccc2)n1. The number of piperazine rings is 1. The predicted octanol–water partition coefficient (Wildman–Crippen LogP) is 4.50. The zero-order valence-corrected chi connectivity index (χ0v) is 29.2. The number of esters is 2. The zero-order valence-electron chi connectivity index (χ0n) is 29.2. The fraction of sp³-hybridized carbons (Fsp3) is 0.583. The third kappa shape index (κ3) is 10.5. The summed E-state index contributed by atoms with van der Waals surface area (Å²) in [7, 11) is 0. The van der Waals surface area contributed by atoms with E-state index in [1.807, 2.05) is 30.3 Å². The van der Waals surface area contributed by atoms with Gasteiger partial charge in [-0.1, -0.05) is 43.2 Å². The second-order valence-corrected chi connectivity index (χ2v) is 13.3. The number of aromatic nitrogens is 2. The number of benzene rings is 1. The summed E-state index contributed by atoms with van der Waals surface area (Å²) in [5.41, 5.74) is 0.580. The Kier molecular flexibility index (Phi) is 13.1. The van der Waals surface area contributed by atoms with Crippen molar-refractivity contribution >= 4 is 29.8 Å². The molecule has 1 saturated carbocycles. The van der Waals surface area contributed by atoms with Crippen LogP contribution in [0.15, 0.2) is 36.4 Å². The van der Waals surface area contributed by atoms with E-state index in [0.29, 0.717) is 29.9 Å². The lowest BCUT2D eigenvalue weighted by atomic mass is 9.77. The van der Waals surface area contributed by atoms with Gasteiger partial charge in [-0.05, 0) is 59.9 Å². The Morgan fingerprint density at radius 2 is 1.55 bits per heavy atom. The molecular weight excluding hydrogens is 630 g/mol. The molecule has 1 aromatic heterocycles. The van der Waals surface area contributed by atoms with Gasteiger partial charge in [0.1, 0.15) is 17.3 Å². The standard InChI is InChI=1S/C36H49N5O8/c1-6-47-34(45)26-16-12-11-15-25(26)28-23-29(38-31(37-28)24-13-9-8-10-14-24)32(43)39-27(17-18-30(42)49-36(3,4)5)33(44)40-19-21-41(22-20-40)35(46)48-7-2/h8-10,13-14,23,25-27H,6-7,11-12,15-22H2,1-5H3,(H,39,43). The molecule has 1 N–H and O–H groups in total. The van der Waals surface area contributed by atoms with E-state index in [4.69, 9.17) is 19.2 Å². The van der Waals surface area contributed by atoms with Crippen LogP contribution in [0.5, 0.6) is 0 Å². The van der Waals surface area contributed by atoms with Crippen LogP contribution in [0.2, 0.25) is 0 Å². The first-order valence-corrected chi connectivity index (χ1v) is 17.2. The van der Waals surface area contributed by atoms with Gasteiger partial charge >= 0.3 is 18.0 Å². The molecular formula is C36H49N5O8. The lowest BCUT2D eigenvalue weighted by Gasteiger charge is -2.36. The topological polar surface area (TPSA) is 157 Å². The van der Waals surface area contributed by atoms with E-state index in [-0.39, 0.29) is 75.7 Å². The third-order valence-corrected chi connectivity index (χ3v) is 8.52. The van der Waals surface area contributed by atoms with Crippen LogP contribution in [0.4, 0.5) is 4.79 Å². The van der Waals surface area contributed by atoms with E-state index in [1.54, 1.807) is 45.6 Å². The molecule has 3 unspecified atom stereocenters. The summed E-state index contributed by atoms with van der Waals surface area (Å²) in [5.74, 6) is -2.13. The predicted molar refractivity (Wildman–Crippen MR) is 180 cm³/mol.